The third-order valence-corrected chi connectivity index (χ3v) is 2.69. The Morgan fingerprint density at radius 3 is 2.63 bits per heavy atom. The van der Waals surface area contributed by atoms with Gasteiger partial charge < -0.3 is 15.4 Å². The van der Waals surface area contributed by atoms with Crippen LogP contribution >= 0.6 is 0 Å². The smallest absolute Gasteiger partial charge is 0.227 e. The van der Waals surface area contributed by atoms with Gasteiger partial charge in [-0.2, -0.15) is 0 Å². The van der Waals surface area contributed by atoms with E-state index in [0.717, 1.165) is 0 Å². The van der Waals surface area contributed by atoms with Gasteiger partial charge in [0.15, 0.2) is 11.6 Å². The lowest BCUT2D eigenvalue weighted by Crippen LogP contribution is -2.40. The highest BCUT2D eigenvalue weighted by Crippen LogP contribution is 2.20. The van der Waals surface area contributed by atoms with Crippen LogP contribution in [-0.2, 0) is 9.53 Å². The summed E-state index contributed by atoms with van der Waals surface area (Å²) < 4.78 is 44.6. The van der Waals surface area contributed by atoms with Crippen LogP contribution in [0.4, 0.5) is 18.9 Å². The summed E-state index contributed by atoms with van der Waals surface area (Å²) in [5, 5.41) is 5.12. The number of rotatable bonds is 3. The van der Waals surface area contributed by atoms with Crippen molar-refractivity contribution in [3.63, 3.8) is 0 Å². The van der Waals surface area contributed by atoms with Crippen LogP contribution in [0.2, 0.25) is 0 Å². The summed E-state index contributed by atoms with van der Waals surface area (Å²) >= 11 is 0. The van der Waals surface area contributed by atoms with E-state index in [1.165, 1.54) is 0 Å². The quantitative estimate of drug-likeness (QED) is 0.876. The van der Waals surface area contributed by atoms with Crippen LogP contribution in [-0.4, -0.2) is 31.7 Å². The van der Waals surface area contributed by atoms with Crippen molar-refractivity contribution in [1.29, 1.82) is 0 Å². The number of anilines is 1. The molecule has 2 N–H and O–H groups in total. The van der Waals surface area contributed by atoms with Crippen molar-refractivity contribution in [3.8, 4) is 0 Å². The van der Waals surface area contributed by atoms with Crippen molar-refractivity contribution < 1.29 is 22.7 Å². The topological polar surface area (TPSA) is 50.4 Å². The fraction of sp³-hybridized carbons (Fsp3) is 0.417. The minimum Gasteiger partial charge on any atom is -0.375 e. The zero-order chi connectivity index (χ0) is 13.8. The molecule has 7 heteroatoms. The Balaban J connectivity index is 1.98. The average Bonchev–Trinajstić information content (AvgIpc) is 2.35. The standard InChI is InChI=1S/C12H13F3N2O2/c13-7-3-9(14)12(10(15)4-7)17-11(18)5-8-6-16-1-2-19-8/h3-4,8,16H,1-2,5-6H2,(H,17,18). The molecule has 1 unspecified atom stereocenters. The number of nitrogens with one attached hydrogen (secondary N) is 2. The van der Waals surface area contributed by atoms with Gasteiger partial charge in [0.2, 0.25) is 5.91 Å². The van der Waals surface area contributed by atoms with Crippen LogP contribution in [0.1, 0.15) is 6.42 Å². The van der Waals surface area contributed by atoms with E-state index in [0.29, 0.717) is 31.8 Å². The highest BCUT2D eigenvalue weighted by molar-refractivity contribution is 5.91. The number of carbonyl (C=O) groups excluding carboxylic acids is 1. The molecule has 4 nitrogen and oxygen atoms in total. The normalized spacial score (nSPS) is 19.2. The molecule has 19 heavy (non-hydrogen) atoms. The first kappa shape index (κ1) is 13.8. The Morgan fingerprint density at radius 1 is 1.37 bits per heavy atom. The van der Waals surface area contributed by atoms with Crippen molar-refractivity contribution in [3.05, 3.63) is 29.6 Å². The summed E-state index contributed by atoms with van der Waals surface area (Å²) in [6.45, 7) is 1.69. The van der Waals surface area contributed by atoms with Crippen LogP contribution in [0.5, 0.6) is 0 Å². The first-order chi connectivity index (χ1) is 9.06. The van der Waals surface area contributed by atoms with E-state index in [4.69, 9.17) is 4.74 Å². The third kappa shape index (κ3) is 3.68. The Labute approximate surface area is 107 Å². The van der Waals surface area contributed by atoms with E-state index in [1.807, 2.05) is 0 Å². The predicted molar refractivity (Wildman–Crippen MR) is 62.2 cm³/mol. The van der Waals surface area contributed by atoms with Crippen molar-refractivity contribution in [2.45, 2.75) is 12.5 Å². The van der Waals surface area contributed by atoms with E-state index >= 15 is 0 Å². The van der Waals surface area contributed by atoms with E-state index in [1.54, 1.807) is 0 Å². The van der Waals surface area contributed by atoms with Crippen LogP contribution in [0.15, 0.2) is 12.1 Å². The van der Waals surface area contributed by atoms with Crippen molar-refractivity contribution in [2.24, 2.45) is 0 Å². The SMILES string of the molecule is O=C(CC1CNCCO1)Nc1c(F)cc(F)cc1F. The molecule has 1 aromatic carbocycles. The Morgan fingerprint density at radius 2 is 2.05 bits per heavy atom. The van der Waals surface area contributed by atoms with Gasteiger partial charge in [-0.15, -0.1) is 0 Å². The molecule has 1 aromatic rings. The lowest BCUT2D eigenvalue weighted by Gasteiger charge is -2.23. The Hall–Kier alpha value is -1.60. The first-order valence-corrected chi connectivity index (χ1v) is 5.83. The number of hydrogen-bond donors (Lipinski definition) is 2. The largest absolute Gasteiger partial charge is 0.375 e. The highest BCUT2D eigenvalue weighted by atomic mass is 19.1. The van der Waals surface area contributed by atoms with E-state index in [-0.39, 0.29) is 12.5 Å². The van der Waals surface area contributed by atoms with Gasteiger partial charge in [0, 0.05) is 25.2 Å². The summed E-state index contributed by atoms with van der Waals surface area (Å²) in [5.41, 5.74) is -0.643. The van der Waals surface area contributed by atoms with E-state index in [2.05, 4.69) is 10.6 Å². The Bertz CT molecular complexity index is 453. The van der Waals surface area contributed by atoms with Crippen molar-refractivity contribution in [2.75, 3.05) is 25.0 Å². The number of carbonyl (C=O) groups is 1. The summed E-state index contributed by atoms with van der Waals surface area (Å²) in [5.74, 6) is -3.91. The molecular formula is C12H13F3N2O2. The molecule has 2 rings (SSSR count). The molecule has 1 aliphatic heterocycles. The van der Waals surface area contributed by atoms with Gasteiger partial charge in [-0.05, 0) is 0 Å². The van der Waals surface area contributed by atoms with Crippen LogP contribution in [0, 0.1) is 17.5 Å². The maximum atomic E-state index is 13.3. The highest BCUT2D eigenvalue weighted by Gasteiger charge is 2.20. The van der Waals surface area contributed by atoms with E-state index in [9.17, 15) is 18.0 Å². The molecule has 104 valence electrons. The van der Waals surface area contributed by atoms with Crippen LogP contribution in [0.3, 0.4) is 0 Å². The lowest BCUT2D eigenvalue weighted by molar-refractivity contribution is -0.119. The van der Waals surface area contributed by atoms with Crippen molar-refractivity contribution in [1.82, 2.24) is 5.32 Å². The molecule has 0 radical (unpaired) electrons. The molecule has 0 aromatic heterocycles. The molecule has 0 aliphatic carbocycles. The molecule has 1 amide bonds. The molecule has 0 spiro atoms. The summed E-state index contributed by atoms with van der Waals surface area (Å²) in [6, 6.07) is 1.02. The predicted octanol–water partition coefficient (Wildman–Crippen LogP) is 1.42. The fourth-order valence-electron chi connectivity index (χ4n) is 1.81. The minimum atomic E-state index is -1.14. The fourth-order valence-corrected chi connectivity index (χ4v) is 1.81. The van der Waals surface area contributed by atoms with Crippen LogP contribution in [0.25, 0.3) is 0 Å². The molecule has 0 bridgehead atoms. The summed E-state index contributed by atoms with van der Waals surface area (Å²) in [6.07, 6.45) is -0.358. The van der Waals surface area contributed by atoms with Gasteiger partial charge in [-0.3, -0.25) is 4.79 Å². The third-order valence-electron chi connectivity index (χ3n) is 2.69. The second kappa shape index (κ2) is 6.03. The van der Waals surface area contributed by atoms with Gasteiger partial charge in [0.1, 0.15) is 11.5 Å². The second-order valence-electron chi connectivity index (χ2n) is 4.19. The van der Waals surface area contributed by atoms with Crippen molar-refractivity contribution >= 4 is 11.6 Å². The molecular weight excluding hydrogens is 261 g/mol. The number of ether oxygens (including phenoxy) is 1. The molecule has 1 aliphatic rings. The molecule has 0 saturated carbocycles. The number of hydrogen-bond acceptors (Lipinski definition) is 3. The average molecular weight is 274 g/mol. The van der Waals surface area contributed by atoms with Gasteiger partial charge >= 0.3 is 0 Å². The number of amides is 1. The van der Waals surface area contributed by atoms with Gasteiger partial charge in [-0.1, -0.05) is 0 Å². The van der Waals surface area contributed by atoms with Crippen LogP contribution < -0.4 is 10.6 Å². The molecule has 1 atom stereocenters. The summed E-state index contributed by atoms with van der Waals surface area (Å²) in [7, 11) is 0. The number of morpholine rings is 1. The maximum absolute atomic E-state index is 13.3. The van der Waals surface area contributed by atoms with Gasteiger partial charge in [0.05, 0.1) is 19.1 Å². The molecule has 1 heterocycles. The number of halogens is 3. The monoisotopic (exact) mass is 274 g/mol. The zero-order valence-corrected chi connectivity index (χ0v) is 10.0. The summed E-state index contributed by atoms with van der Waals surface area (Å²) in [4.78, 5) is 11.6. The maximum Gasteiger partial charge on any atom is 0.227 e. The second-order valence-corrected chi connectivity index (χ2v) is 4.19. The zero-order valence-electron chi connectivity index (χ0n) is 10.0. The van der Waals surface area contributed by atoms with Gasteiger partial charge in [0.25, 0.3) is 0 Å². The Kier molecular flexibility index (Phi) is 4.39. The lowest BCUT2D eigenvalue weighted by atomic mass is 10.2. The minimum absolute atomic E-state index is 0.0245. The number of benzene rings is 1. The van der Waals surface area contributed by atoms with E-state index < -0.39 is 29.0 Å². The molecule has 1 fully saturated rings. The van der Waals surface area contributed by atoms with Gasteiger partial charge in [-0.25, -0.2) is 13.2 Å². The first-order valence-electron chi connectivity index (χ1n) is 5.83. The molecule has 1 saturated heterocycles.